The Bertz CT molecular complexity index is 1020. The smallest absolute Gasteiger partial charge is 0.243 e. The van der Waals surface area contributed by atoms with Crippen LogP contribution in [0, 0.1) is 17.2 Å². The van der Waals surface area contributed by atoms with E-state index in [0.29, 0.717) is 37.2 Å². The minimum Gasteiger partial charge on any atom is -0.497 e. The molecule has 1 fully saturated rings. The van der Waals surface area contributed by atoms with Crippen molar-refractivity contribution in [2.45, 2.75) is 30.7 Å². The van der Waals surface area contributed by atoms with E-state index in [1.165, 1.54) is 23.5 Å². The second-order valence-corrected chi connectivity index (χ2v) is 9.26. The van der Waals surface area contributed by atoms with Crippen molar-refractivity contribution in [1.82, 2.24) is 9.62 Å². The van der Waals surface area contributed by atoms with Gasteiger partial charge >= 0.3 is 0 Å². The van der Waals surface area contributed by atoms with Crippen LogP contribution >= 0.6 is 0 Å². The molecule has 0 saturated carbocycles. The maximum absolute atomic E-state index is 12.8. The average Bonchev–Trinajstić information content (AvgIpc) is 2.79. The molecule has 30 heavy (non-hydrogen) atoms. The molecule has 0 aliphatic carbocycles. The molecule has 1 heterocycles. The van der Waals surface area contributed by atoms with E-state index in [4.69, 9.17) is 10.00 Å². The highest BCUT2D eigenvalue weighted by Gasteiger charge is 2.32. The molecule has 1 aliphatic rings. The van der Waals surface area contributed by atoms with Gasteiger partial charge in [0.1, 0.15) is 5.75 Å². The van der Waals surface area contributed by atoms with Gasteiger partial charge in [-0.2, -0.15) is 9.57 Å². The first-order valence-corrected chi connectivity index (χ1v) is 11.2. The van der Waals surface area contributed by atoms with Gasteiger partial charge in [0.2, 0.25) is 15.9 Å². The molecule has 1 aliphatic heterocycles. The standard InChI is InChI=1S/C22H25N3O4S/c1-16(18-5-3-17(15-23)4-6-18)24-22(26)19-11-13-25(14-12-19)30(27,28)21-9-7-20(29-2)8-10-21/h3-10,16,19H,11-14H2,1-2H3,(H,24,26). The number of rotatable bonds is 6. The van der Waals surface area contributed by atoms with E-state index in [1.54, 1.807) is 24.3 Å². The number of nitriles is 1. The number of ether oxygens (including phenoxy) is 1. The minimum absolute atomic E-state index is 0.0756. The van der Waals surface area contributed by atoms with Crippen LogP contribution in [0.4, 0.5) is 0 Å². The van der Waals surface area contributed by atoms with Crippen LogP contribution in [0.2, 0.25) is 0 Å². The summed E-state index contributed by atoms with van der Waals surface area (Å²) in [6, 6.07) is 15.3. The number of nitrogens with zero attached hydrogens (tertiary/aromatic N) is 2. The number of hydrogen-bond donors (Lipinski definition) is 1. The van der Waals surface area contributed by atoms with E-state index in [1.807, 2.05) is 19.1 Å². The lowest BCUT2D eigenvalue weighted by atomic mass is 9.96. The summed E-state index contributed by atoms with van der Waals surface area (Å²) in [6.45, 7) is 2.50. The molecule has 7 nitrogen and oxygen atoms in total. The van der Waals surface area contributed by atoms with Crippen LogP contribution in [0.25, 0.3) is 0 Å². The van der Waals surface area contributed by atoms with Crippen molar-refractivity contribution in [2.75, 3.05) is 20.2 Å². The van der Waals surface area contributed by atoms with Gasteiger partial charge in [0.05, 0.1) is 29.7 Å². The Morgan fingerprint density at radius 2 is 1.73 bits per heavy atom. The monoisotopic (exact) mass is 427 g/mol. The van der Waals surface area contributed by atoms with Gasteiger partial charge in [0.25, 0.3) is 0 Å². The first-order chi connectivity index (χ1) is 14.3. The van der Waals surface area contributed by atoms with Crippen molar-refractivity contribution in [3.63, 3.8) is 0 Å². The van der Waals surface area contributed by atoms with Crippen LogP contribution in [-0.2, 0) is 14.8 Å². The van der Waals surface area contributed by atoms with Gasteiger partial charge in [-0.3, -0.25) is 4.79 Å². The highest BCUT2D eigenvalue weighted by atomic mass is 32.2. The van der Waals surface area contributed by atoms with Gasteiger partial charge < -0.3 is 10.1 Å². The Labute approximate surface area is 177 Å². The Morgan fingerprint density at radius 1 is 1.13 bits per heavy atom. The third kappa shape index (κ3) is 4.81. The molecule has 1 amide bonds. The molecule has 1 N–H and O–H groups in total. The summed E-state index contributed by atoms with van der Waals surface area (Å²) in [5.74, 6) is 0.294. The maximum atomic E-state index is 12.8. The van der Waals surface area contributed by atoms with Gasteiger partial charge in [-0.25, -0.2) is 8.42 Å². The molecule has 0 bridgehead atoms. The largest absolute Gasteiger partial charge is 0.497 e. The second-order valence-electron chi connectivity index (χ2n) is 7.32. The van der Waals surface area contributed by atoms with E-state index in [9.17, 15) is 13.2 Å². The number of methoxy groups -OCH3 is 1. The normalized spacial score (nSPS) is 16.4. The summed E-state index contributed by atoms with van der Waals surface area (Å²) in [4.78, 5) is 12.9. The summed E-state index contributed by atoms with van der Waals surface area (Å²) in [5.41, 5.74) is 1.49. The lowest BCUT2D eigenvalue weighted by molar-refractivity contribution is -0.126. The van der Waals surface area contributed by atoms with E-state index < -0.39 is 10.0 Å². The predicted octanol–water partition coefficient (Wildman–Crippen LogP) is 2.84. The van der Waals surface area contributed by atoms with Gasteiger partial charge in [0.15, 0.2) is 0 Å². The minimum atomic E-state index is -3.59. The van der Waals surface area contributed by atoms with E-state index in [-0.39, 0.29) is 22.8 Å². The molecule has 1 saturated heterocycles. The van der Waals surface area contributed by atoms with Gasteiger partial charge in [-0.05, 0) is 61.7 Å². The lowest BCUT2D eigenvalue weighted by Gasteiger charge is -2.31. The average molecular weight is 428 g/mol. The van der Waals surface area contributed by atoms with Crippen molar-refractivity contribution >= 4 is 15.9 Å². The number of hydrogen-bond acceptors (Lipinski definition) is 5. The van der Waals surface area contributed by atoms with E-state index >= 15 is 0 Å². The van der Waals surface area contributed by atoms with Crippen LogP contribution < -0.4 is 10.1 Å². The molecule has 1 unspecified atom stereocenters. The number of piperidine rings is 1. The summed E-state index contributed by atoms with van der Waals surface area (Å²) >= 11 is 0. The summed E-state index contributed by atoms with van der Waals surface area (Å²) in [5, 5.41) is 11.9. The Morgan fingerprint density at radius 3 is 2.27 bits per heavy atom. The SMILES string of the molecule is COc1ccc(S(=O)(=O)N2CCC(C(=O)NC(C)c3ccc(C#N)cc3)CC2)cc1. The van der Waals surface area contributed by atoms with Crippen molar-refractivity contribution in [3.8, 4) is 11.8 Å². The highest BCUT2D eigenvalue weighted by Crippen LogP contribution is 2.26. The van der Waals surface area contributed by atoms with E-state index in [0.717, 1.165) is 5.56 Å². The highest BCUT2D eigenvalue weighted by molar-refractivity contribution is 7.89. The molecular weight excluding hydrogens is 402 g/mol. The zero-order valence-corrected chi connectivity index (χ0v) is 17.9. The first kappa shape index (κ1) is 21.8. The summed E-state index contributed by atoms with van der Waals surface area (Å²) in [7, 11) is -2.06. The molecule has 2 aromatic rings. The summed E-state index contributed by atoms with van der Waals surface area (Å²) < 4.78 is 32.2. The Kier molecular flexibility index (Phi) is 6.75. The van der Waals surface area contributed by atoms with Crippen LogP contribution in [0.3, 0.4) is 0 Å². The maximum Gasteiger partial charge on any atom is 0.243 e. The quantitative estimate of drug-likeness (QED) is 0.764. The van der Waals surface area contributed by atoms with Crippen molar-refractivity contribution in [1.29, 1.82) is 5.26 Å². The van der Waals surface area contributed by atoms with Crippen molar-refractivity contribution < 1.29 is 17.9 Å². The fourth-order valence-electron chi connectivity index (χ4n) is 3.52. The fraction of sp³-hybridized carbons (Fsp3) is 0.364. The number of carbonyl (C=O) groups is 1. The fourth-order valence-corrected chi connectivity index (χ4v) is 4.99. The first-order valence-electron chi connectivity index (χ1n) is 9.80. The molecule has 0 spiro atoms. The summed E-state index contributed by atoms with van der Waals surface area (Å²) in [6.07, 6.45) is 0.947. The second kappa shape index (κ2) is 9.28. The van der Waals surface area contributed by atoms with Crippen LogP contribution in [0.5, 0.6) is 5.75 Å². The third-order valence-corrected chi connectivity index (χ3v) is 7.33. The molecule has 3 rings (SSSR count). The Balaban J connectivity index is 1.57. The Hall–Kier alpha value is -2.89. The number of amides is 1. The number of nitrogens with one attached hydrogen (secondary N) is 1. The predicted molar refractivity (Wildman–Crippen MR) is 112 cm³/mol. The van der Waals surface area contributed by atoms with Crippen molar-refractivity contribution in [2.24, 2.45) is 5.92 Å². The van der Waals surface area contributed by atoms with Crippen molar-refractivity contribution in [3.05, 3.63) is 59.7 Å². The third-order valence-electron chi connectivity index (χ3n) is 5.42. The topological polar surface area (TPSA) is 99.5 Å². The van der Waals surface area contributed by atoms with Crippen LogP contribution in [-0.4, -0.2) is 38.8 Å². The lowest BCUT2D eigenvalue weighted by Crippen LogP contribution is -2.43. The molecule has 0 aromatic heterocycles. The molecule has 8 heteroatoms. The molecule has 158 valence electrons. The zero-order chi connectivity index (χ0) is 21.7. The van der Waals surface area contributed by atoms with Gasteiger partial charge in [-0.15, -0.1) is 0 Å². The zero-order valence-electron chi connectivity index (χ0n) is 17.0. The number of sulfonamides is 1. The van der Waals surface area contributed by atoms with Gasteiger partial charge in [0, 0.05) is 19.0 Å². The molecule has 2 aromatic carbocycles. The van der Waals surface area contributed by atoms with Gasteiger partial charge in [-0.1, -0.05) is 12.1 Å². The molecule has 0 radical (unpaired) electrons. The van der Waals surface area contributed by atoms with Crippen LogP contribution in [0.15, 0.2) is 53.4 Å². The number of carbonyl (C=O) groups excluding carboxylic acids is 1. The van der Waals surface area contributed by atoms with E-state index in [2.05, 4.69) is 11.4 Å². The molecular formula is C22H25N3O4S. The van der Waals surface area contributed by atoms with Crippen LogP contribution in [0.1, 0.15) is 36.9 Å². The molecule has 1 atom stereocenters. The number of benzene rings is 2.